The van der Waals surface area contributed by atoms with E-state index in [1.165, 1.54) is 0 Å². The lowest BCUT2D eigenvalue weighted by Crippen LogP contribution is -2.17. The minimum Gasteiger partial charge on any atom is -0.391 e. The summed E-state index contributed by atoms with van der Waals surface area (Å²) in [5.74, 6) is 3.23. The molecule has 1 N–H and O–H groups in total. The summed E-state index contributed by atoms with van der Waals surface area (Å²) in [4.78, 5) is 0. The summed E-state index contributed by atoms with van der Waals surface area (Å²) in [5, 5.41) is 9.04. The average molecular weight is 191 g/mol. The van der Waals surface area contributed by atoms with E-state index in [-0.39, 0.29) is 5.88 Å². The Bertz CT molecular complexity index is 163. The molecule has 0 radical (unpaired) electrons. The largest absolute Gasteiger partial charge is 0.391 e. The number of hydrogen-bond donors (Lipinski definition) is 1. The van der Waals surface area contributed by atoms with Crippen molar-refractivity contribution in [2.45, 2.75) is 32.2 Å². The number of halogens is 1. The Hall–Kier alpha value is 0.0269. The van der Waals surface area contributed by atoms with E-state index in [2.05, 4.69) is 31.1 Å². The van der Waals surface area contributed by atoms with Crippen molar-refractivity contribution < 1.29 is 5.11 Å². The van der Waals surface area contributed by atoms with Gasteiger partial charge in [-0.15, -0.1) is 23.1 Å². The third kappa shape index (κ3) is 7.93. The van der Waals surface area contributed by atoms with Crippen molar-refractivity contribution in [1.29, 1.82) is 0 Å². The zero-order chi connectivity index (χ0) is 8.91. The molecule has 1 nitrogen and oxygen atoms in total. The molecule has 0 aliphatic rings. The molecule has 1 atom stereocenters. The molecule has 0 saturated carbocycles. The minimum atomic E-state index is -1.25. The van der Waals surface area contributed by atoms with E-state index in [9.17, 15) is 0 Å². The molecular formula is C8H15ClOSi. The van der Waals surface area contributed by atoms with Gasteiger partial charge in [-0.05, 0) is 0 Å². The normalized spacial score (nSPS) is 13.5. The van der Waals surface area contributed by atoms with Gasteiger partial charge in [0.25, 0.3) is 0 Å². The van der Waals surface area contributed by atoms with Gasteiger partial charge in [0.15, 0.2) is 0 Å². The smallest absolute Gasteiger partial charge is 0.129 e. The lowest BCUT2D eigenvalue weighted by atomic mass is 10.3. The van der Waals surface area contributed by atoms with Gasteiger partial charge in [-0.3, -0.25) is 0 Å². The van der Waals surface area contributed by atoms with Crippen LogP contribution >= 0.6 is 11.6 Å². The standard InChI is InChI=1S/C8H15ClOSi/c1-11(2,3)6-4-5-8(10)7-9/h8,10H,5,7H2,1-3H3/t8-/m0/s1. The molecule has 0 aromatic carbocycles. The van der Waals surface area contributed by atoms with Crippen LogP contribution in [-0.2, 0) is 0 Å². The van der Waals surface area contributed by atoms with Gasteiger partial charge in [0, 0.05) is 12.3 Å². The van der Waals surface area contributed by atoms with Crippen molar-refractivity contribution >= 4 is 19.7 Å². The Kier molecular flexibility index (Phi) is 4.83. The molecule has 0 amide bonds. The lowest BCUT2D eigenvalue weighted by molar-refractivity contribution is 0.204. The summed E-state index contributed by atoms with van der Waals surface area (Å²) in [5.41, 5.74) is 3.16. The second-order valence-electron chi connectivity index (χ2n) is 3.56. The Morgan fingerprint density at radius 1 is 1.45 bits per heavy atom. The van der Waals surface area contributed by atoms with Crippen LogP contribution in [0.4, 0.5) is 0 Å². The molecule has 0 aromatic rings. The van der Waals surface area contributed by atoms with Crippen LogP contribution in [0.2, 0.25) is 19.6 Å². The van der Waals surface area contributed by atoms with Crippen LogP contribution in [0.15, 0.2) is 0 Å². The Labute approximate surface area is 74.8 Å². The molecule has 11 heavy (non-hydrogen) atoms. The first kappa shape index (κ1) is 11.0. The second-order valence-corrected chi connectivity index (χ2v) is 8.62. The molecule has 0 unspecified atom stereocenters. The van der Waals surface area contributed by atoms with Crippen molar-refractivity contribution in [3.05, 3.63) is 0 Å². The van der Waals surface area contributed by atoms with Crippen LogP contribution in [0, 0.1) is 11.5 Å². The van der Waals surface area contributed by atoms with Gasteiger partial charge in [0.1, 0.15) is 8.07 Å². The molecule has 0 heterocycles. The van der Waals surface area contributed by atoms with Crippen LogP contribution in [-0.4, -0.2) is 25.2 Å². The van der Waals surface area contributed by atoms with Gasteiger partial charge < -0.3 is 5.11 Å². The van der Waals surface area contributed by atoms with E-state index in [4.69, 9.17) is 16.7 Å². The molecule has 0 bridgehead atoms. The van der Waals surface area contributed by atoms with Gasteiger partial charge >= 0.3 is 0 Å². The highest BCUT2D eigenvalue weighted by atomic mass is 35.5. The molecule has 64 valence electrons. The molecule has 0 aliphatic heterocycles. The number of alkyl halides is 1. The summed E-state index contributed by atoms with van der Waals surface area (Å²) in [7, 11) is -1.25. The zero-order valence-electron chi connectivity index (χ0n) is 7.32. The summed E-state index contributed by atoms with van der Waals surface area (Å²) in [6, 6.07) is 0. The lowest BCUT2D eigenvalue weighted by Gasteiger charge is -2.04. The van der Waals surface area contributed by atoms with Gasteiger partial charge in [0.05, 0.1) is 6.10 Å². The average Bonchev–Trinajstić information content (AvgIpc) is 1.85. The highest BCUT2D eigenvalue weighted by Crippen LogP contribution is 1.98. The maximum absolute atomic E-state index is 9.04. The van der Waals surface area contributed by atoms with E-state index in [1.807, 2.05) is 0 Å². The van der Waals surface area contributed by atoms with Gasteiger partial charge in [0.2, 0.25) is 0 Å². The zero-order valence-corrected chi connectivity index (χ0v) is 9.07. The Morgan fingerprint density at radius 2 is 2.00 bits per heavy atom. The van der Waals surface area contributed by atoms with Crippen LogP contribution < -0.4 is 0 Å². The molecule has 3 heteroatoms. The van der Waals surface area contributed by atoms with E-state index < -0.39 is 14.2 Å². The van der Waals surface area contributed by atoms with Gasteiger partial charge in [-0.1, -0.05) is 19.6 Å². The van der Waals surface area contributed by atoms with Crippen molar-refractivity contribution in [2.75, 3.05) is 5.88 Å². The maximum Gasteiger partial charge on any atom is 0.129 e. The predicted molar refractivity (Wildman–Crippen MR) is 52.5 cm³/mol. The highest BCUT2D eigenvalue weighted by Gasteiger charge is 2.07. The first-order valence-electron chi connectivity index (χ1n) is 3.70. The number of hydrogen-bond acceptors (Lipinski definition) is 1. The molecular weight excluding hydrogens is 176 g/mol. The van der Waals surface area contributed by atoms with E-state index in [0.29, 0.717) is 6.42 Å². The summed E-state index contributed by atoms with van der Waals surface area (Å²) < 4.78 is 0. The topological polar surface area (TPSA) is 20.2 Å². The molecule has 0 fully saturated rings. The maximum atomic E-state index is 9.04. The summed E-state index contributed by atoms with van der Waals surface area (Å²) in [6.45, 7) is 6.52. The third-order valence-corrected chi connectivity index (χ3v) is 2.26. The minimum absolute atomic E-state index is 0.278. The number of aliphatic hydroxyl groups excluding tert-OH is 1. The quantitative estimate of drug-likeness (QED) is 0.401. The van der Waals surface area contributed by atoms with Crippen LogP contribution in [0.25, 0.3) is 0 Å². The van der Waals surface area contributed by atoms with Crippen molar-refractivity contribution in [3.8, 4) is 11.5 Å². The highest BCUT2D eigenvalue weighted by molar-refractivity contribution is 6.83. The molecule has 0 aliphatic carbocycles. The van der Waals surface area contributed by atoms with Gasteiger partial charge in [-0.2, -0.15) is 0 Å². The monoisotopic (exact) mass is 190 g/mol. The van der Waals surface area contributed by atoms with Gasteiger partial charge in [-0.25, -0.2) is 0 Å². The van der Waals surface area contributed by atoms with Crippen LogP contribution in [0.1, 0.15) is 6.42 Å². The van der Waals surface area contributed by atoms with Crippen LogP contribution in [0.3, 0.4) is 0 Å². The van der Waals surface area contributed by atoms with Crippen LogP contribution in [0.5, 0.6) is 0 Å². The van der Waals surface area contributed by atoms with E-state index >= 15 is 0 Å². The van der Waals surface area contributed by atoms with Crippen molar-refractivity contribution in [1.82, 2.24) is 0 Å². The predicted octanol–water partition coefficient (Wildman–Crippen LogP) is 1.86. The molecule has 0 saturated heterocycles. The fraction of sp³-hybridized carbons (Fsp3) is 0.750. The molecule has 0 aromatic heterocycles. The number of rotatable bonds is 2. The Morgan fingerprint density at radius 3 is 2.36 bits per heavy atom. The van der Waals surface area contributed by atoms with Crippen molar-refractivity contribution in [2.24, 2.45) is 0 Å². The Balaban J connectivity index is 3.73. The van der Waals surface area contributed by atoms with E-state index in [1.54, 1.807) is 0 Å². The fourth-order valence-corrected chi connectivity index (χ4v) is 1.23. The SMILES string of the molecule is C[Si](C)(C)C#CC[C@H](O)CCl. The number of aliphatic hydroxyl groups is 1. The van der Waals surface area contributed by atoms with E-state index in [0.717, 1.165) is 0 Å². The first-order chi connectivity index (χ1) is 4.95. The van der Waals surface area contributed by atoms with Crippen molar-refractivity contribution in [3.63, 3.8) is 0 Å². The fourth-order valence-electron chi connectivity index (χ4n) is 0.489. The second kappa shape index (κ2) is 4.81. The molecule has 0 spiro atoms. The summed E-state index contributed by atoms with van der Waals surface area (Å²) >= 11 is 5.40. The molecule has 0 rings (SSSR count). The summed E-state index contributed by atoms with van der Waals surface area (Å²) in [6.07, 6.45) is 0.0499. The first-order valence-corrected chi connectivity index (χ1v) is 7.73. The third-order valence-electron chi connectivity index (χ3n) is 0.979.